The van der Waals surface area contributed by atoms with Gasteiger partial charge in [0.25, 0.3) is 5.91 Å². The summed E-state index contributed by atoms with van der Waals surface area (Å²) in [5.41, 5.74) is 0.870. The Balaban J connectivity index is 1.27. The fourth-order valence-corrected chi connectivity index (χ4v) is 4.75. The zero-order valence-electron chi connectivity index (χ0n) is 17.9. The second-order valence-electron chi connectivity index (χ2n) is 8.81. The molecule has 170 valence electrons. The van der Waals surface area contributed by atoms with Crippen LogP contribution in [0.15, 0.2) is 30.6 Å². The van der Waals surface area contributed by atoms with Gasteiger partial charge in [-0.25, -0.2) is 4.39 Å². The molecule has 2 N–H and O–H groups in total. The van der Waals surface area contributed by atoms with Crippen molar-refractivity contribution in [3.63, 3.8) is 0 Å². The van der Waals surface area contributed by atoms with E-state index in [1.807, 2.05) is 6.92 Å². The number of amides is 2. The molecule has 2 amide bonds. The topological polar surface area (TPSA) is 93.2 Å². The molecule has 3 fully saturated rings. The van der Waals surface area contributed by atoms with E-state index in [2.05, 4.69) is 20.6 Å². The van der Waals surface area contributed by atoms with Crippen LogP contribution < -0.4 is 15.4 Å². The Kier molecular flexibility index (Phi) is 6.33. The Bertz CT molecular complexity index is 990. The number of aryl methyl sites for hydroxylation is 1. The van der Waals surface area contributed by atoms with Crippen LogP contribution in [0.5, 0.6) is 5.75 Å². The normalized spacial score (nSPS) is 24.1. The molecule has 3 saturated carbocycles. The maximum Gasteiger partial charge on any atom is 0.258 e. The smallest absolute Gasteiger partial charge is 0.258 e. The van der Waals surface area contributed by atoms with Gasteiger partial charge in [-0.3, -0.25) is 19.6 Å². The molecular formula is C23H26ClFN4O3. The summed E-state index contributed by atoms with van der Waals surface area (Å²) in [5.74, 6) is -0.544. The molecule has 0 unspecified atom stereocenters. The van der Waals surface area contributed by atoms with E-state index in [1.165, 1.54) is 12.1 Å². The van der Waals surface area contributed by atoms with Gasteiger partial charge in [-0.1, -0.05) is 11.6 Å². The van der Waals surface area contributed by atoms with Crippen molar-refractivity contribution in [2.24, 2.45) is 5.41 Å². The lowest BCUT2D eigenvalue weighted by Gasteiger charge is -2.52. The first-order valence-corrected chi connectivity index (χ1v) is 11.1. The number of ether oxygens (including phenoxy) is 1. The molecule has 0 atom stereocenters. The molecule has 0 saturated heterocycles. The molecule has 0 aliphatic heterocycles. The molecule has 1 aromatic carbocycles. The Morgan fingerprint density at radius 1 is 1.12 bits per heavy atom. The predicted molar refractivity (Wildman–Crippen MR) is 117 cm³/mol. The minimum atomic E-state index is -0.591. The van der Waals surface area contributed by atoms with E-state index >= 15 is 0 Å². The standard InChI is InChI=1S/C23H26ClFN4O3/c1-15-11-27-16(12-26-15)13-28-21(31)22-4-7-23(8-5-22,9-6-22)29-20(30)14-32-17-2-3-18(24)19(25)10-17/h2-3,10-12H,4-9,13-14H2,1H3,(H,28,31)(H,29,30). The van der Waals surface area contributed by atoms with Crippen LogP contribution in [-0.4, -0.2) is 33.9 Å². The van der Waals surface area contributed by atoms with Crippen molar-refractivity contribution in [3.05, 3.63) is 52.8 Å². The largest absolute Gasteiger partial charge is 0.484 e. The van der Waals surface area contributed by atoms with Crippen LogP contribution in [0.3, 0.4) is 0 Å². The van der Waals surface area contributed by atoms with E-state index in [0.717, 1.165) is 56.0 Å². The van der Waals surface area contributed by atoms with Gasteiger partial charge in [0.15, 0.2) is 6.61 Å². The Morgan fingerprint density at radius 2 is 1.84 bits per heavy atom. The number of halogens is 2. The van der Waals surface area contributed by atoms with Crippen LogP contribution in [-0.2, 0) is 16.1 Å². The third kappa shape index (κ3) is 4.85. The van der Waals surface area contributed by atoms with Crippen molar-refractivity contribution in [2.45, 2.75) is 57.5 Å². The van der Waals surface area contributed by atoms with Gasteiger partial charge in [0, 0.05) is 23.2 Å². The number of carbonyl (C=O) groups is 2. The average molecular weight is 461 g/mol. The van der Waals surface area contributed by atoms with E-state index in [-0.39, 0.29) is 40.1 Å². The number of fused-ring (bicyclic) bond motifs is 3. The summed E-state index contributed by atoms with van der Waals surface area (Å²) in [6, 6.07) is 4.07. The molecule has 32 heavy (non-hydrogen) atoms. The predicted octanol–water partition coefficient (Wildman–Crippen LogP) is 3.48. The maximum absolute atomic E-state index is 13.5. The van der Waals surface area contributed by atoms with Crippen molar-refractivity contribution >= 4 is 23.4 Å². The van der Waals surface area contributed by atoms with E-state index in [0.29, 0.717) is 6.54 Å². The van der Waals surface area contributed by atoms with Crippen LogP contribution in [0.2, 0.25) is 5.02 Å². The molecule has 7 nitrogen and oxygen atoms in total. The second-order valence-corrected chi connectivity index (χ2v) is 9.21. The molecule has 1 aromatic heterocycles. The van der Waals surface area contributed by atoms with E-state index in [4.69, 9.17) is 16.3 Å². The van der Waals surface area contributed by atoms with Gasteiger partial charge in [0.1, 0.15) is 11.6 Å². The van der Waals surface area contributed by atoms with Gasteiger partial charge >= 0.3 is 0 Å². The summed E-state index contributed by atoms with van der Waals surface area (Å²) in [4.78, 5) is 33.9. The molecule has 3 aliphatic rings. The minimum Gasteiger partial charge on any atom is -0.484 e. The Morgan fingerprint density at radius 3 is 2.47 bits per heavy atom. The van der Waals surface area contributed by atoms with Crippen LogP contribution in [0, 0.1) is 18.2 Å². The average Bonchev–Trinajstić information content (AvgIpc) is 2.80. The first-order chi connectivity index (χ1) is 15.3. The molecule has 0 spiro atoms. The molecule has 1 heterocycles. The van der Waals surface area contributed by atoms with Crippen molar-refractivity contribution < 1.29 is 18.7 Å². The first kappa shape index (κ1) is 22.5. The lowest BCUT2D eigenvalue weighted by Crippen LogP contribution is -2.60. The fourth-order valence-electron chi connectivity index (χ4n) is 4.63. The van der Waals surface area contributed by atoms with Gasteiger partial charge in [0.05, 0.1) is 29.2 Å². The van der Waals surface area contributed by atoms with Crippen LogP contribution in [0.4, 0.5) is 4.39 Å². The quantitative estimate of drug-likeness (QED) is 0.659. The number of hydrogen-bond acceptors (Lipinski definition) is 5. The third-order valence-electron chi connectivity index (χ3n) is 6.66. The fraction of sp³-hybridized carbons (Fsp3) is 0.478. The number of rotatable bonds is 7. The monoisotopic (exact) mass is 460 g/mol. The lowest BCUT2D eigenvalue weighted by molar-refractivity contribution is -0.140. The zero-order valence-corrected chi connectivity index (χ0v) is 18.7. The van der Waals surface area contributed by atoms with Crippen molar-refractivity contribution in [3.8, 4) is 5.75 Å². The maximum atomic E-state index is 13.5. The molecule has 3 aliphatic carbocycles. The molecule has 0 radical (unpaired) electrons. The SMILES string of the molecule is Cc1cnc(CNC(=O)C23CCC(NC(=O)COc4ccc(Cl)c(F)c4)(CC2)CC3)cn1. The van der Waals surface area contributed by atoms with Gasteiger partial charge in [-0.05, 0) is 57.6 Å². The number of hydrogen-bond donors (Lipinski definition) is 2. The van der Waals surface area contributed by atoms with Crippen LogP contribution in [0.1, 0.15) is 49.9 Å². The molecule has 5 rings (SSSR count). The zero-order chi connectivity index (χ0) is 22.8. The van der Waals surface area contributed by atoms with Crippen molar-refractivity contribution in [1.82, 2.24) is 20.6 Å². The number of nitrogens with one attached hydrogen (secondary N) is 2. The van der Waals surface area contributed by atoms with Crippen molar-refractivity contribution in [1.29, 1.82) is 0 Å². The molecule has 9 heteroatoms. The van der Waals surface area contributed by atoms with E-state index in [1.54, 1.807) is 12.4 Å². The molecular weight excluding hydrogens is 435 g/mol. The number of nitrogens with zero attached hydrogens (tertiary/aromatic N) is 2. The van der Waals surface area contributed by atoms with Crippen LogP contribution in [0.25, 0.3) is 0 Å². The first-order valence-electron chi connectivity index (χ1n) is 10.7. The van der Waals surface area contributed by atoms with Gasteiger partial charge in [0.2, 0.25) is 5.91 Å². The summed E-state index contributed by atoms with van der Waals surface area (Å²) in [5, 5.41) is 6.12. The highest BCUT2D eigenvalue weighted by atomic mass is 35.5. The third-order valence-corrected chi connectivity index (χ3v) is 6.96. The summed E-state index contributed by atoms with van der Waals surface area (Å²) in [6.45, 7) is 2.03. The number of carbonyl (C=O) groups excluding carboxylic acids is 2. The Labute approximate surface area is 191 Å². The van der Waals surface area contributed by atoms with Crippen molar-refractivity contribution in [2.75, 3.05) is 6.61 Å². The number of aromatic nitrogens is 2. The lowest BCUT2D eigenvalue weighted by atomic mass is 9.57. The highest BCUT2D eigenvalue weighted by Gasteiger charge is 2.52. The van der Waals surface area contributed by atoms with Gasteiger partial charge in [-0.2, -0.15) is 0 Å². The number of benzene rings is 1. The molecule has 2 bridgehead atoms. The summed E-state index contributed by atoms with van der Waals surface area (Å²) in [7, 11) is 0. The highest BCUT2D eigenvalue weighted by Crippen LogP contribution is 2.52. The highest BCUT2D eigenvalue weighted by molar-refractivity contribution is 6.30. The van der Waals surface area contributed by atoms with E-state index < -0.39 is 5.82 Å². The van der Waals surface area contributed by atoms with Gasteiger partial charge < -0.3 is 15.4 Å². The van der Waals surface area contributed by atoms with E-state index in [9.17, 15) is 14.0 Å². The summed E-state index contributed by atoms with van der Waals surface area (Å²) < 4.78 is 18.9. The summed E-state index contributed by atoms with van der Waals surface area (Å²) in [6.07, 6.45) is 7.76. The van der Waals surface area contributed by atoms with Crippen LogP contribution >= 0.6 is 11.6 Å². The van der Waals surface area contributed by atoms with Gasteiger partial charge in [-0.15, -0.1) is 0 Å². The molecule has 2 aromatic rings. The minimum absolute atomic E-state index is 0.00409. The second kappa shape index (κ2) is 9.02. The Hall–Kier alpha value is -2.74. The summed E-state index contributed by atoms with van der Waals surface area (Å²) >= 11 is 5.66.